The van der Waals surface area contributed by atoms with Crippen molar-refractivity contribution in [2.45, 2.75) is 33.0 Å². The van der Waals surface area contributed by atoms with Crippen LogP contribution in [0.25, 0.3) is 0 Å². The van der Waals surface area contributed by atoms with Crippen molar-refractivity contribution in [3.8, 4) is 0 Å². The molecule has 9 heteroatoms. The maximum Gasteiger partial charge on any atom is 0.191 e. The number of nitrogens with zero attached hydrogens (tertiary/aromatic N) is 5. The number of nitrogens with one attached hydrogen (secondary N) is 2. The highest BCUT2D eigenvalue weighted by Gasteiger charge is 2.10. The molecular weight excluding hydrogens is 481 g/mol. The monoisotopic (exact) mass is 513 g/mol. The molecule has 0 amide bonds. The molecule has 1 aromatic heterocycles. The summed E-state index contributed by atoms with van der Waals surface area (Å²) in [6, 6.07) is 8.73. The van der Waals surface area contributed by atoms with Crippen LogP contribution < -0.4 is 10.6 Å². The molecule has 0 radical (unpaired) electrons. The molecule has 0 atom stereocenters. The number of ether oxygens (including phenoxy) is 1. The fraction of sp³-hybridized carbons (Fsp3) is 0.550. The van der Waals surface area contributed by atoms with Crippen LogP contribution in [0, 0.1) is 0 Å². The van der Waals surface area contributed by atoms with E-state index in [2.05, 4.69) is 66.5 Å². The van der Waals surface area contributed by atoms with E-state index in [9.17, 15) is 0 Å². The van der Waals surface area contributed by atoms with Gasteiger partial charge in [-0.3, -0.25) is 9.89 Å². The summed E-state index contributed by atoms with van der Waals surface area (Å²) in [5.41, 5.74) is 2.59. The van der Waals surface area contributed by atoms with Gasteiger partial charge in [0.25, 0.3) is 0 Å². The average Bonchev–Trinajstić information content (AvgIpc) is 3.19. The number of halogens is 1. The molecule has 2 aromatic rings. The van der Waals surface area contributed by atoms with Crippen molar-refractivity contribution in [1.29, 1.82) is 0 Å². The first-order valence-corrected chi connectivity index (χ1v) is 9.97. The molecule has 0 spiro atoms. The predicted octanol–water partition coefficient (Wildman–Crippen LogP) is 1.66. The fourth-order valence-electron chi connectivity index (χ4n) is 3.30. The van der Waals surface area contributed by atoms with Crippen LogP contribution in [0.15, 0.2) is 35.6 Å². The molecule has 0 saturated carbocycles. The summed E-state index contributed by atoms with van der Waals surface area (Å²) in [4.78, 5) is 6.75. The zero-order valence-electron chi connectivity index (χ0n) is 17.3. The Hall–Kier alpha value is -1.72. The highest BCUT2D eigenvalue weighted by Crippen LogP contribution is 2.10. The molecule has 0 aliphatic carbocycles. The zero-order chi connectivity index (χ0) is 19.6. The number of hydrogen-bond acceptors (Lipinski definition) is 5. The highest BCUT2D eigenvalue weighted by atomic mass is 127. The normalized spacial score (nSPS) is 15.0. The average molecular weight is 513 g/mol. The number of morpholine rings is 1. The van der Waals surface area contributed by atoms with Gasteiger partial charge >= 0.3 is 0 Å². The van der Waals surface area contributed by atoms with E-state index >= 15 is 0 Å². The molecule has 29 heavy (non-hydrogen) atoms. The van der Waals surface area contributed by atoms with Crippen LogP contribution in [0.1, 0.15) is 23.9 Å². The van der Waals surface area contributed by atoms with Gasteiger partial charge < -0.3 is 19.9 Å². The van der Waals surface area contributed by atoms with Crippen molar-refractivity contribution >= 4 is 29.9 Å². The van der Waals surface area contributed by atoms with E-state index in [0.29, 0.717) is 0 Å². The van der Waals surface area contributed by atoms with Crippen LogP contribution in [0.5, 0.6) is 0 Å². The lowest BCUT2D eigenvalue weighted by Gasteiger charge is -2.26. The van der Waals surface area contributed by atoms with Crippen molar-refractivity contribution in [2.75, 3.05) is 39.9 Å². The summed E-state index contributed by atoms with van der Waals surface area (Å²) in [6.45, 7) is 9.05. The van der Waals surface area contributed by atoms with Gasteiger partial charge in [-0.25, -0.2) is 0 Å². The van der Waals surface area contributed by atoms with Crippen LogP contribution in [-0.4, -0.2) is 65.5 Å². The van der Waals surface area contributed by atoms with Crippen LogP contribution in [-0.2, 0) is 30.8 Å². The Kier molecular flexibility index (Phi) is 10.4. The van der Waals surface area contributed by atoms with Gasteiger partial charge in [-0.15, -0.1) is 34.2 Å². The lowest BCUT2D eigenvalue weighted by atomic mass is 10.1. The Morgan fingerprint density at radius 1 is 1.21 bits per heavy atom. The molecule has 1 aliphatic heterocycles. The van der Waals surface area contributed by atoms with Gasteiger partial charge in [0.2, 0.25) is 0 Å². The number of aryl methyl sites for hydroxylation is 1. The van der Waals surface area contributed by atoms with Gasteiger partial charge in [0, 0.05) is 52.7 Å². The Morgan fingerprint density at radius 3 is 2.76 bits per heavy atom. The molecule has 1 fully saturated rings. The Balaban J connectivity index is 0.00000300. The van der Waals surface area contributed by atoms with Crippen molar-refractivity contribution < 1.29 is 4.74 Å². The second-order valence-electron chi connectivity index (χ2n) is 6.86. The molecule has 3 rings (SSSR count). The number of guanidine groups is 1. The largest absolute Gasteiger partial charge is 0.379 e. The van der Waals surface area contributed by atoms with Crippen LogP contribution >= 0.6 is 24.0 Å². The minimum absolute atomic E-state index is 0. The predicted molar refractivity (Wildman–Crippen MR) is 126 cm³/mol. The second-order valence-corrected chi connectivity index (χ2v) is 6.86. The van der Waals surface area contributed by atoms with Crippen molar-refractivity contribution in [1.82, 2.24) is 30.3 Å². The van der Waals surface area contributed by atoms with E-state index in [0.717, 1.165) is 70.7 Å². The van der Waals surface area contributed by atoms with E-state index in [1.807, 2.05) is 0 Å². The Morgan fingerprint density at radius 2 is 2.00 bits per heavy atom. The van der Waals surface area contributed by atoms with Gasteiger partial charge in [0.1, 0.15) is 12.2 Å². The molecule has 8 nitrogen and oxygen atoms in total. The second kappa shape index (κ2) is 12.8. The molecular formula is C20H32IN7O. The Labute approximate surface area is 190 Å². The molecule has 1 aromatic carbocycles. The summed E-state index contributed by atoms with van der Waals surface area (Å²) in [7, 11) is 1.79. The number of benzene rings is 1. The van der Waals surface area contributed by atoms with E-state index in [4.69, 9.17) is 4.74 Å². The fourth-order valence-corrected chi connectivity index (χ4v) is 3.30. The van der Waals surface area contributed by atoms with Gasteiger partial charge in [0.05, 0.1) is 13.2 Å². The lowest BCUT2D eigenvalue weighted by Crippen LogP contribution is -2.38. The lowest BCUT2D eigenvalue weighted by molar-refractivity contribution is 0.0342. The van der Waals surface area contributed by atoms with Crippen molar-refractivity contribution in [2.24, 2.45) is 4.99 Å². The van der Waals surface area contributed by atoms with Gasteiger partial charge in [-0.2, -0.15) is 0 Å². The van der Waals surface area contributed by atoms with Crippen molar-refractivity contribution in [3.05, 3.63) is 47.5 Å². The molecule has 2 heterocycles. The third-order valence-electron chi connectivity index (χ3n) is 4.84. The first-order chi connectivity index (χ1) is 13.8. The summed E-state index contributed by atoms with van der Waals surface area (Å²) in [5, 5.41) is 14.8. The van der Waals surface area contributed by atoms with Crippen LogP contribution in [0.4, 0.5) is 0 Å². The maximum absolute atomic E-state index is 5.43. The van der Waals surface area contributed by atoms with E-state index in [1.165, 1.54) is 11.1 Å². The molecule has 0 bridgehead atoms. The summed E-state index contributed by atoms with van der Waals surface area (Å²) in [6.07, 6.45) is 2.66. The van der Waals surface area contributed by atoms with Gasteiger partial charge in [-0.05, 0) is 11.1 Å². The van der Waals surface area contributed by atoms with E-state index in [-0.39, 0.29) is 24.0 Å². The number of aromatic nitrogens is 3. The standard InChI is InChI=1S/C20H31N7O.HI/c1-3-19-25-24-16-27(19)8-7-22-20(21-2)23-14-17-5-4-6-18(13-17)15-26-9-11-28-12-10-26;/h4-6,13,16H,3,7-12,14-15H2,1-2H3,(H2,21,22,23);1H. The first-order valence-electron chi connectivity index (χ1n) is 9.97. The molecule has 1 saturated heterocycles. The number of aliphatic imine (C=N–C) groups is 1. The zero-order valence-corrected chi connectivity index (χ0v) is 19.6. The van der Waals surface area contributed by atoms with E-state index < -0.39 is 0 Å². The highest BCUT2D eigenvalue weighted by molar-refractivity contribution is 14.0. The maximum atomic E-state index is 5.43. The topological polar surface area (TPSA) is 79.6 Å². The van der Waals surface area contributed by atoms with Crippen LogP contribution in [0.3, 0.4) is 0 Å². The first kappa shape index (κ1) is 23.6. The van der Waals surface area contributed by atoms with Crippen molar-refractivity contribution in [3.63, 3.8) is 0 Å². The molecule has 1 aliphatic rings. The SMILES string of the molecule is CCc1nncn1CCNC(=NC)NCc1cccc(CN2CCOCC2)c1.I. The third-order valence-corrected chi connectivity index (χ3v) is 4.84. The summed E-state index contributed by atoms with van der Waals surface area (Å²) < 4.78 is 7.49. The quantitative estimate of drug-likeness (QED) is 0.318. The number of hydrogen-bond donors (Lipinski definition) is 2. The summed E-state index contributed by atoms with van der Waals surface area (Å²) >= 11 is 0. The summed E-state index contributed by atoms with van der Waals surface area (Å²) in [5.74, 6) is 1.80. The third kappa shape index (κ3) is 7.56. The van der Waals surface area contributed by atoms with E-state index in [1.54, 1.807) is 13.4 Å². The molecule has 0 unspecified atom stereocenters. The minimum Gasteiger partial charge on any atom is -0.379 e. The molecule has 2 N–H and O–H groups in total. The van der Waals surface area contributed by atoms with Gasteiger partial charge in [0.15, 0.2) is 5.96 Å². The van der Waals surface area contributed by atoms with Gasteiger partial charge in [-0.1, -0.05) is 31.2 Å². The Bertz CT molecular complexity index is 759. The number of rotatable bonds is 8. The molecule has 160 valence electrons. The smallest absolute Gasteiger partial charge is 0.191 e. The van der Waals surface area contributed by atoms with Crippen LogP contribution in [0.2, 0.25) is 0 Å². The minimum atomic E-state index is 0.